The van der Waals surface area contributed by atoms with Crippen LogP contribution in [0.1, 0.15) is 36.5 Å². The van der Waals surface area contributed by atoms with Gasteiger partial charge >= 0.3 is 0 Å². The zero-order valence-corrected chi connectivity index (χ0v) is 15.5. The van der Waals surface area contributed by atoms with Gasteiger partial charge in [-0.1, -0.05) is 6.42 Å². The van der Waals surface area contributed by atoms with E-state index in [1.807, 2.05) is 12.1 Å². The number of hydrogen-bond acceptors (Lipinski definition) is 4. The van der Waals surface area contributed by atoms with Gasteiger partial charge in [-0.15, -0.1) is 0 Å². The first kappa shape index (κ1) is 16.8. The molecule has 0 bridgehead atoms. The summed E-state index contributed by atoms with van der Waals surface area (Å²) in [6.07, 6.45) is 4.93. The van der Waals surface area contributed by atoms with E-state index in [0.717, 1.165) is 47.6 Å². The maximum Gasteiger partial charge on any atom is 0.161 e. The van der Waals surface area contributed by atoms with E-state index >= 15 is 0 Å². The highest BCUT2D eigenvalue weighted by atomic mass is 19.1. The van der Waals surface area contributed by atoms with Crippen molar-refractivity contribution in [2.24, 2.45) is 11.8 Å². The van der Waals surface area contributed by atoms with Gasteiger partial charge in [-0.3, -0.25) is 4.98 Å². The lowest BCUT2D eigenvalue weighted by Crippen LogP contribution is -2.26. The molecular weight excluding hydrogens is 345 g/mol. The summed E-state index contributed by atoms with van der Waals surface area (Å²) in [5.74, 6) is 1.61. The Morgan fingerprint density at radius 3 is 2.52 bits per heavy atom. The number of halogens is 1. The number of methoxy groups -OCH3 is 2. The third-order valence-electron chi connectivity index (χ3n) is 6.46. The molecule has 0 amide bonds. The fourth-order valence-electron chi connectivity index (χ4n) is 5.25. The van der Waals surface area contributed by atoms with Crippen molar-refractivity contribution in [2.45, 2.75) is 31.8 Å². The molecule has 2 aliphatic rings. The highest BCUT2D eigenvalue weighted by molar-refractivity contribution is 6.10. The topological polar surface area (TPSA) is 51.6 Å². The van der Waals surface area contributed by atoms with Crippen molar-refractivity contribution in [3.05, 3.63) is 41.3 Å². The van der Waals surface area contributed by atoms with Crippen molar-refractivity contribution in [1.82, 2.24) is 4.98 Å². The highest BCUT2D eigenvalue weighted by Gasteiger charge is 2.40. The van der Waals surface area contributed by atoms with Crippen molar-refractivity contribution in [1.29, 1.82) is 0 Å². The highest BCUT2D eigenvalue weighted by Crippen LogP contribution is 2.51. The molecule has 2 aliphatic carbocycles. The number of ether oxygens (including phenoxy) is 2. The average Bonchev–Trinajstić information content (AvgIpc) is 3.16. The van der Waals surface area contributed by atoms with Crippen LogP contribution in [0.2, 0.25) is 0 Å². The maximum atomic E-state index is 14.1. The Bertz CT molecular complexity index is 1060. The minimum Gasteiger partial charge on any atom is -0.493 e. The van der Waals surface area contributed by atoms with Crippen molar-refractivity contribution in [3.63, 3.8) is 0 Å². The summed E-state index contributed by atoms with van der Waals surface area (Å²) in [6, 6.07) is 5.36. The standard InChI is InChI=1S/C22H22FNO3/c1-26-18-8-14-15(9-19(18)27-2)17-7-12(23)10-24-21(17)20-16(14)6-11-4-3-5-13(11)22(20)25/h7-11,13,22,25H,3-6H2,1-2H3/t11?,13-,22-/m1/s1. The van der Waals surface area contributed by atoms with E-state index in [4.69, 9.17) is 9.47 Å². The van der Waals surface area contributed by atoms with Gasteiger partial charge in [0.25, 0.3) is 0 Å². The second kappa shape index (κ2) is 6.06. The van der Waals surface area contributed by atoms with Crippen LogP contribution in [0.15, 0.2) is 24.4 Å². The third-order valence-corrected chi connectivity index (χ3v) is 6.46. The zero-order chi connectivity index (χ0) is 18.7. The van der Waals surface area contributed by atoms with Crippen LogP contribution in [0, 0.1) is 17.7 Å². The summed E-state index contributed by atoms with van der Waals surface area (Å²) >= 11 is 0. The summed E-state index contributed by atoms with van der Waals surface area (Å²) in [5, 5.41) is 13.8. The number of pyridine rings is 1. The largest absolute Gasteiger partial charge is 0.493 e. The Balaban J connectivity index is 1.93. The smallest absolute Gasteiger partial charge is 0.161 e. The lowest BCUT2D eigenvalue weighted by atomic mass is 9.73. The monoisotopic (exact) mass is 367 g/mol. The molecule has 1 saturated carbocycles. The molecule has 0 radical (unpaired) electrons. The molecule has 0 saturated heterocycles. The number of aliphatic hydroxyl groups is 1. The van der Waals surface area contributed by atoms with E-state index in [2.05, 4.69) is 4.98 Å². The molecule has 3 atom stereocenters. The van der Waals surface area contributed by atoms with E-state index in [1.54, 1.807) is 14.2 Å². The third kappa shape index (κ3) is 2.34. The first-order valence-corrected chi connectivity index (χ1v) is 9.46. The number of rotatable bonds is 2. The molecule has 1 unspecified atom stereocenters. The van der Waals surface area contributed by atoms with E-state index in [9.17, 15) is 9.50 Å². The molecule has 1 aromatic heterocycles. The molecular formula is C22H22FNO3. The quantitative estimate of drug-likeness (QED) is 0.675. The fraction of sp³-hybridized carbons (Fsp3) is 0.409. The Morgan fingerprint density at radius 1 is 1.04 bits per heavy atom. The van der Waals surface area contributed by atoms with E-state index < -0.39 is 6.10 Å². The Morgan fingerprint density at radius 2 is 1.78 bits per heavy atom. The Kier molecular flexibility index (Phi) is 3.76. The molecule has 5 rings (SSSR count). The second-order valence-electron chi connectivity index (χ2n) is 7.70. The average molecular weight is 367 g/mol. The Hall–Kier alpha value is -2.40. The fourth-order valence-corrected chi connectivity index (χ4v) is 5.25. The van der Waals surface area contributed by atoms with E-state index in [0.29, 0.717) is 28.3 Å². The number of benzene rings is 2. The number of aromatic nitrogens is 1. The second-order valence-corrected chi connectivity index (χ2v) is 7.70. The Labute approximate surface area is 156 Å². The van der Waals surface area contributed by atoms with Gasteiger partial charge in [0.05, 0.1) is 32.0 Å². The summed E-state index contributed by atoms with van der Waals surface area (Å²) in [5.41, 5.74) is 2.69. The molecule has 140 valence electrons. The van der Waals surface area contributed by atoms with Crippen LogP contribution in [-0.2, 0) is 6.42 Å². The van der Waals surface area contributed by atoms with E-state index in [-0.39, 0.29) is 11.7 Å². The number of hydrogen-bond donors (Lipinski definition) is 1. The SMILES string of the molecule is COc1cc2c3c(c4ncc(F)cc4c2cc1OC)[C@H](O)[C@@H]1CCCC1C3. The molecule has 1 heterocycles. The molecule has 2 aromatic carbocycles. The van der Waals surface area contributed by atoms with Crippen LogP contribution in [-0.4, -0.2) is 24.3 Å². The van der Waals surface area contributed by atoms with Gasteiger partial charge in [0, 0.05) is 10.9 Å². The van der Waals surface area contributed by atoms with Gasteiger partial charge in [-0.05, 0) is 65.6 Å². The van der Waals surface area contributed by atoms with Gasteiger partial charge in [0.1, 0.15) is 5.82 Å². The molecule has 27 heavy (non-hydrogen) atoms. The number of fused-ring (bicyclic) bond motifs is 7. The molecule has 3 aromatic rings. The molecule has 5 heteroatoms. The van der Waals surface area contributed by atoms with Crippen LogP contribution in [0.4, 0.5) is 4.39 Å². The predicted molar refractivity (Wildman–Crippen MR) is 102 cm³/mol. The van der Waals surface area contributed by atoms with Crippen LogP contribution in [0.5, 0.6) is 11.5 Å². The van der Waals surface area contributed by atoms with Gasteiger partial charge in [0.2, 0.25) is 0 Å². The van der Waals surface area contributed by atoms with Crippen molar-refractivity contribution in [2.75, 3.05) is 14.2 Å². The molecule has 0 spiro atoms. The summed E-state index contributed by atoms with van der Waals surface area (Å²) in [4.78, 5) is 4.40. The first-order chi connectivity index (χ1) is 13.1. The maximum absolute atomic E-state index is 14.1. The van der Waals surface area contributed by atoms with Crippen molar-refractivity contribution in [3.8, 4) is 11.5 Å². The summed E-state index contributed by atoms with van der Waals surface area (Å²) in [7, 11) is 3.20. The van der Waals surface area contributed by atoms with Crippen molar-refractivity contribution < 1.29 is 19.0 Å². The van der Waals surface area contributed by atoms with Gasteiger partial charge in [-0.25, -0.2) is 4.39 Å². The lowest BCUT2D eigenvalue weighted by Gasteiger charge is -2.34. The normalized spacial score (nSPS) is 24.1. The van der Waals surface area contributed by atoms with Gasteiger partial charge < -0.3 is 14.6 Å². The summed E-state index contributed by atoms with van der Waals surface area (Å²) in [6.45, 7) is 0. The van der Waals surface area contributed by atoms with Gasteiger partial charge in [-0.2, -0.15) is 0 Å². The number of aliphatic hydroxyl groups excluding tert-OH is 1. The van der Waals surface area contributed by atoms with Gasteiger partial charge in [0.15, 0.2) is 11.5 Å². The van der Waals surface area contributed by atoms with Crippen LogP contribution < -0.4 is 9.47 Å². The minimum atomic E-state index is -0.556. The first-order valence-electron chi connectivity index (χ1n) is 9.46. The molecule has 1 N–H and O–H groups in total. The van der Waals surface area contributed by atoms with Crippen LogP contribution in [0.25, 0.3) is 21.7 Å². The van der Waals surface area contributed by atoms with Crippen LogP contribution >= 0.6 is 0 Å². The number of nitrogens with zero attached hydrogens (tertiary/aromatic N) is 1. The molecule has 1 fully saturated rings. The van der Waals surface area contributed by atoms with E-state index in [1.165, 1.54) is 12.3 Å². The zero-order valence-electron chi connectivity index (χ0n) is 15.5. The molecule has 0 aliphatic heterocycles. The lowest BCUT2D eigenvalue weighted by molar-refractivity contribution is 0.0758. The molecule has 4 nitrogen and oxygen atoms in total. The predicted octanol–water partition coefficient (Wildman–Crippen LogP) is 4.55. The van der Waals surface area contributed by atoms with Crippen LogP contribution in [0.3, 0.4) is 0 Å². The minimum absolute atomic E-state index is 0.269. The summed E-state index contributed by atoms with van der Waals surface area (Å²) < 4.78 is 25.0. The van der Waals surface area contributed by atoms with Crippen molar-refractivity contribution >= 4 is 21.7 Å².